The molecule has 1 unspecified atom stereocenters. The topological polar surface area (TPSA) is 78.9 Å². The molecule has 0 saturated carbocycles. The minimum atomic E-state index is -0.813. The number of allylic oxidation sites excluding steroid dienone is 28. The summed E-state index contributed by atoms with van der Waals surface area (Å²) in [7, 11) is 0. The van der Waals surface area contributed by atoms with E-state index in [4.69, 9.17) is 14.2 Å². The van der Waals surface area contributed by atoms with Gasteiger partial charge in [0.05, 0.1) is 0 Å². The summed E-state index contributed by atoms with van der Waals surface area (Å²) in [6.45, 7) is 6.34. The summed E-state index contributed by atoms with van der Waals surface area (Å²) in [6.07, 6.45) is 99.3. The van der Waals surface area contributed by atoms with Crippen LogP contribution < -0.4 is 0 Å². The fraction of sp³-hybridized carbons (Fsp3) is 0.587. The highest BCUT2D eigenvalue weighted by atomic mass is 16.6. The molecule has 6 nitrogen and oxygen atoms in total. The standard InChI is InChI=1S/C75H118O6/c1-4-7-10-13-16-19-22-25-28-30-31-32-33-34-35-36-37-38-39-40-41-42-43-45-47-50-53-56-59-62-65-68-74(77)80-71-72(70-79-73(76)67-64-61-58-55-52-49-46-27-24-21-18-15-12-9-6-3)81-75(78)69-66-63-60-57-54-51-48-44-29-26-23-20-17-14-11-8-5-2/h7-8,10-11,16-21,25-29,31-32,34-35,37-38,40-41,43,45-46,50,53,72H,4-6,9,12-15,22-24,30,33,36,39,42,44,47-49,51-52,54-71H2,1-3H3/b10-7-,11-8-,19-16-,20-17-,21-18-,28-25-,29-26-,32-31-,35-34-,38-37-,41-40-,45-43-,46-27-,53-50-. The van der Waals surface area contributed by atoms with Gasteiger partial charge in [0, 0.05) is 19.3 Å². The Hall–Kier alpha value is -5.23. The number of esters is 3. The number of hydrogen-bond donors (Lipinski definition) is 0. The van der Waals surface area contributed by atoms with Gasteiger partial charge in [-0.05, 0) is 154 Å². The number of ether oxygens (including phenoxy) is 3. The van der Waals surface area contributed by atoms with Crippen LogP contribution in [-0.4, -0.2) is 37.2 Å². The van der Waals surface area contributed by atoms with Gasteiger partial charge in [0.1, 0.15) is 13.2 Å². The molecule has 0 aliphatic rings. The van der Waals surface area contributed by atoms with E-state index in [1.807, 2.05) is 0 Å². The SMILES string of the molecule is CC/C=C\C/C=C\C/C=C\C/C=C\C/C=C\C/C=C\C/C=C\C/C=C\C/C=C\CCCCCC(=O)OCC(COC(=O)CCCCCCC/C=C\C/C=C\CCCCC)OC(=O)CCCCCCCCC/C=C\C/C=C\C/C=C\CC. The molecule has 1 atom stereocenters. The molecule has 0 spiro atoms. The van der Waals surface area contributed by atoms with Crippen LogP contribution >= 0.6 is 0 Å². The highest BCUT2D eigenvalue weighted by Gasteiger charge is 2.19. The molecule has 0 aliphatic carbocycles. The van der Waals surface area contributed by atoms with Crippen LogP contribution in [0.4, 0.5) is 0 Å². The van der Waals surface area contributed by atoms with Crippen LogP contribution in [0.1, 0.15) is 265 Å². The van der Waals surface area contributed by atoms with Crippen molar-refractivity contribution >= 4 is 17.9 Å². The Morgan fingerprint density at radius 1 is 0.259 bits per heavy atom. The van der Waals surface area contributed by atoms with E-state index in [9.17, 15) is 14.4 Å². The lowest BCUT2D eigenvalue weighted by Gasteiger charge is -2.18. The first kappa shape index (κ1) is 75.8. The molecule has 0 rings (SSSR count). The van der Waals surface area contributed by atoms with Crippen molar-refractivity contribution in [2.75, 3.05) is 13.2 Å². The Morgan fingerprint density at radius 3 is 0.765 bits per heavy atom. The molecule has 0 aromatic carbocycles. The molecule has 0 radical (unpaired) electrons. The molecular formula is C75H118O6. The van der Waals surface area contributed by atoms with Gasteiger partial charge in [0.25, 0.3) is 0 Å². The van der Waals surface area contributed by atoms with Gasteiger partial charge in [0.15, 0.2) is 6.10 Å². The summed E-state index contributed by atoms with van der Waals surface area (Å²) in [4.78, 5) is 38.3. The Kier molecular flexibility index (Phi) is 62.9. The zero-order valence-electron chi connectivity index (χ0n) is 52.0. The van der Waals surface area contributed by atoms with Gasteiger partial charge < -0.3 is 14.2 Å². The molecule has 0 aromatic rings. The summed E-state index contributed by atoms with van der Waals surface area (Å²) < 4.78 is 16.9. The number of rotatable bonds is 57. The van der Waals surface area contributed by atoms with Crippen molar-refractivity contribution < 1.29 is 28.6 Å². The maximum Gasteiger partial charge on any atom is 0.306 e. The first-order chi connectivity index (χ1) is 40.0. The van der Waals surface area contributed by atoms with Crippen LogP contribution in [0.3, 0.4) is 0 Å². The third-order valence-electron chi connectivity index (χ3n) is 13.2. The Balaban J connectivity index is 4.45. The molecule has 0 fully saturated rings. The highest BCUT2D eigenvalue weighted by molar-refractivity contribution is 5.71. The van der Waals surface area contributed by atoms with E-state index < -0.39 is 6.10 Å². The van der Waals surface area contributed by atoms with Gasteiger partial charge in [-0.1, -0.05) is 262 Å². The van der Waals surface area contributed by atoms with Crippen LogP contribution in [-0.2, 0) is 28.6 Å². The minimum absolute atomic E-state index is 0.107. The smallest absolute Gasteiger partial charge is 0.306 e. The van der Waals surface area contributed by atoms with Crippen molar-refractivity contribution in [3.8, 4) is 0 Å². The molecule has 0 amide bonds. The van der Waals surface area contributed by atoms with E-state index in [0.29, 0.717) is 19.3 Å². The number of carbonyl (C=O) groups excluding carboxylic acids is 3. The van der Waals surface area contributed by atoms with Crippen LogP contribution in [0.2, 0.25) is 0 Å². The zero-order chi connectivity index (χ0) is 58.5. The average Bonchev–Trinajstić information content (AvgIpc) is 3.47. The van der Waals surface area contributed by atoms with E-state index in [0.717, 1.165) is 180 Å². The first-order valence-corrected chi connectivity index (χ1v) is 32.6. The van der Waals surface area contributed by atoms with E-state index in [-0.39, 0.29) is 31.1 Å². The summed E-state index contributed by atoms with van der Waals surface area (Å²) in [6, 6.07) is 0. The van der Waals surface area contributed by atoms with E-state index >= 15 is 0 Å². The molecular weight excluding hydrogens is 997 g/mol. The van der Waals surface area contributed by atoms with Crippen LogP contribution in [0, 0.1) is 0 Å². The van der Waals surface area contributed by atoms with Gasteiger partial charge in [-0.15, -0.1) is 0 Å². The van der Waals surface area contributed by atoms with Crippen molar-refractivity contribution in [1.82, 2.24) is 0 Å². The van der Waals surface area contributed by atoms with E-state index in [2.05, 4.69) is 191 Å². The molecule has 81 heavy (non-hydrogen) atoms. The van der Waals surface area contributed by atoms with Crippen LogP contribution in [0.15, 0.2) is 170 Å². The Labute approximate surface area is 498 Å². The van der Waals surface area contributed by atoms with Crippen molar-refractivity contribution in [2.24, 2.45) is 0 Å². The summed E-state index contributed by atoms with van der Waals surface area (Å²) >= 11 is 0. The third-order valence-corrected chi connectivity index (χ3v) is 13.2. The first-order valence-electron chi connectivity index (χ1n) is 32.6. The lowest BCUT2D eigenvalue weighted by atomic mass is 10.1. The van der Waals surface area contributed by atoms with E-state index in [1.165, 1.54) is 44.9 Å². The maximum absolute atomic E-state index is 12.9. The molecule has 454 valence electrons. The molecule has 0 bridgehead atoms. The molecule has 0 aliphatic heterocycles. The van der Waals surface area contributed by atoms with Gasteiger partial charge in [-0.25, -0.2) is 0 Å². The number of unbranched alkanes of at least 4 members (excludes halogenated alkanes) is 18. The zero-order valence-corrected chi connectivity index (χ0v) is 52.0. The monoisotopic (exact) mass is 1110 g/mol. The van der Waals surface area contributed by atoms with Gasteiger partial charge in [-0.2, -0.15) is 0 Å². The fourth-order valence-electron chi connectivity index (χ4n) is 8.36. The molecule has 0 aromatic heterocycles. The molecule has 0 heterocycles. The Morgan fingerprint density at radius 2 is 0.481 bits per heavy atom. The predicted molar refractivity (Wildman–Crippen MR) is 352 cm³/mol. The quantitative estimate of drug-likeness (QED) is 0.0261. The maximum atomic E-state index is 12.9. The van der Waals surface area contributed by atoms with Crippen molar-refractivity contribution in [3.63, 3.8) is 0 Å². The lowest BCUT2D eigenvalue weighted by Crippen LogP contribution is -2.30. The van der Waals surface area contributed by atoms with E-state index in [1.54, 1.807) is 0 Å². The summed E-state index contributed by atoms with van der Waals surface area (Å²) in [5.74, 6) is -0.968. The normalized spacial score (nSPS) is 13.3. The Bertz CT molecular complexity index is 1860. The number of carbonyl (C=O) groups is 3. The van der Waals surface area contributed by atoms with Crippen LogP contribution in [0.25, 0.3) is 0 Å². The largest absolute Gasteiger partial charge is 0.462 e. The van der Waals surface area contributed by atoms with Crippen molar-refractivity contribution in [1.29, 1.82) is 0 Å². The molecule has 6 heteroatoms. The van der Waals surface area contributed by atoms with Gasteiger partial charge in [-0.3, -0.25) is 14.4 Å². The summed E-state index contributed by atoms with van der Waals surface area (Å²) in [5.41, 5.74) is 0. The molecule has 0 saturated heterocycles. The van der Waals surface area contributed by atoms with Gasteiger partial charge in [0.2, 0.25) is 0 Å². The minimum Gasteiger partial charge on any atom is -0.462 e. The van der Waals surface area contributed by atoms with Gasteiger partial charge >= 0.3 is 17.9 Å². The number of hydrogen-bond acceptors (Lipinski definition) is 6. The fourth-order valence-corrected chi connectivity index (χ4v) is 8.36. The molecule has 0 N–H and O–H groups in total. The average molecular weight is 1120 g/mol. The second kappa shape index (κ2) is 67.3. The second-order valence-electron chi connectivity index (χ2n) is 20.9. The predicted octanol–water partition coefficient (Wildman–Crippen LogP) is 22.7. The highest BCUT2D eigenvalue weighted by Crippen LogP contribution is 2.14. The summed E-state index contributed by atoms with van der Waals surface area (Å²) in [5, 5.41) is 0. The second-order valence-corrected chi connectivity index (χ2v) is 20.9. The van der Waals surface area contributed by atoms with Crippen molar-refractivity contribution in [2.45, 2.75) is 271 Å². The van der Waals surface area contributed by atoms with Crippen LogP contribution in [0.5, 0.6) is 0 Å². The third kappa shape index (κ3) is 65.5. The van der Waals surface area contributed by atoms with Crippen molar-refractivity contribution in [3.05, 3.63) is 170 Å². The lowest BCUT2D eigenvalue weighted by molar-refractivity contribution is -0.167.